The van der Waals surface area contributed by atoms with E-state index in [1.54, 1.807) is 11.6 Å². The lowest BCUT2D eigenvalue weighted by molar-refractivity contribution is 0.0655. The fraction of sp³-hybridized carbons (Fsp3) is 0.400. The Bertz CT molecular complexity index is 1020. The Morgan fingerprint density at radius 3 is 2.36 bits per heavy atom. The number of fused-ring (bicyclic) bond motifs is 1. The molecule has 0 radical (unpaired) electrons. The highest BCUT2D eigenvalue weighted by atomic mass is 16.5. The second kappa shape index (κ2) is 7.20. The van der Waals surface area contributed by atoms with Crippen molar-refractivity contribution in [2.24, 2.45) is 0 Å². The molecular formula is C20H24N6O2. The van der Waals surface area contributed by atoms with Crippen LogP contribution in [0.2, 0.25) is 0 Å². The molecule has 1 aliphatic rings. The van der Waals surface area contributed by atoms with Crippen LogP contribution in [0.4, 0.5) is 0 Å². The van der Waals surface area contributed by atoms with Gasteiger partial charge in [0.15, 0.2) is 11.3 Å². The van der Waals surface area contributed by atoms with Gasteiger partial charge in [-0.05, 0) is 38.6 Å². The SMILES string of the molecule is COc1ccc(-c2c(C)nn3c(C)c(C(=O)N4CCN(C)CC4)nnc23)cc1. The smallest absolute Gasteiger partial charge is 0.276 e. The lowest BCUT2D eigenvalue weighted by Crippen LogP contribution is -2.47. The van der Waals surface area contributed by atoms with E-state index in [4.69, 9.17) is 4.74 Å². The molecule has 1 aromatic carbocycles. The van der Waals surface area contributed by atoms with Crippen molar-refractivity contribution in [3.63, 3.8) is 0 Å². The van der Waals surface area contributed by atoms with Gasteiger partial charge in [-0.2, -0.15) is 5.10 Å². The number of hydrogen-bond acceptors (Lipinski definition) is 6. The van der Waals surface area contributed by atoms with Gasteiger partial charge in [0, 0.05) is 26.2 Å². The van der Waals surface area contributed by atoms with Gasteiger partial charge < -0.3 is 14.5 Å². The largest absolute Gasteiger partial charge is 0.497 e. The summed E-state index contributed by atoms with van der Waals surface area (Å²) in [6.45, 7) is 6.93. The molecule has 1 saturated heterocycles. The van der Waals surface area contributed by atoms with Crippen molar-refractivity contribution in [2.75, 3.05) is 40.3 Å². The Hall–Kier alpha value is -3.00. The van der Waals surface area contributed by atoms with Crippen LogP contribution < -0.4 is 4.74 Å². The van der Waals surface area contributed by atoms with Crippen LogP contribution >= 0.6 is 0 Å². The second-order valence-corrected chi connectivity index (χ2v) is 7.15. The summed E-state index contributed by atoms with van der Waals surface area (Å²) in [4.78, 5) is 17.0. The summed E-state index contributed by atoms with van der Waals surface area (Å²) < 4.78 is 6.96. The molecule has 8 nitrogen and oxygen atoms in total. The Morgan fingerprint density at radius 2 is 1.71 bits per heavy atom. The quantitative estimate of drug-likeness (QED) is 0.690. The first-order valence-electron chi connectivity index (χ1n) is 9.34. The molecule has 1 fully saturated rings. The summed E-state index contributed by atoms with van der Waals surface area (Å²) in [5, 5.41) is 13.3. The van der Waals surface area contributed by atoms with E-state index >= 15 is 0 Å². The van der Waals surface area contributed by atoms with Crippen LogP contribution in [0.5, 0.6) is 5.75 Å². The topological polar surface area (TPSA) is 75.9 Å². The average molecular weight is 380 g/mol. The molecule has 0 atom stereocenters. The van der Waals surface area contributed by atoms with Gasteiger partial charge in [0.1, 0.15) is 5.75 Å². The van der Waals surface area contributed by atoms with E-state index < -0.39 is 0 Å². The monoisotopic (exact) mass is 380 g/mol. The van der Waals surface area contributed by atoms with Crippen LogP contribution in [-0.4, -0.2) is 75.9 Å². The molecule has 3 aromatic rings. The minimum Gasteiger partial charge on any atom is -0.497 e. The molecule has 0 unspecified atom stereocenters. The van der Waals surface area contributed by atoms with Crippen molar-refractivity contribution in [2.45, 2.75) is 13.8 Å². The highest BCUT2D eigenvalue weighted by Crippen LogP contribution is 2.29. The van der Waals surface area contributed by atoms with Gasteiger partial charge in [-0.15, -0.1) is 10.2 Å². The molecular weight excluding hydrogens is 356 g/mol. The van der Waals surface area contributed by atoms with Gasteiger partial charge in [0.25, 0.3) is 5.91 Å². The number of amides is 1. The van der Waals surface area contributed by atoms with Gasteiger partial charge in [0.2, 0.25) is 0 Å². The maximum Gasteiger partial charge on any atom is 0.276 e. The number of likely N-dealkylation sites (N-methyl/N-ethyl adjacent to an activating group) is 1. The fourth-order valence-corrected chi connectivity index (χ4v) is 3.56. The highest BCUT2D eigenvalue weighted by Gasteiger charge is 2.26. The summed E-state index contributed by atoms with van der Waals surface area (Å²) in [5.41, 5.74) is 4.46. The number of aromatic nitrogens is 4. The van der Waals surface area contributed by atoms with E-state index in [1.165, 1.54) is 0 Å². The molecule has 28 heavy (non-hydrogen) atoms. The summed E-state index contributed by atoms with van der Waals surface area (Å²) in [6, 6.07) is 7.76. The van der Waals surface area contributed by atoms with E-state index in [9.17, 15) is 4.79 Å². The van der Waals surface area contributed by atoms with E-state index in [0.717, 1.165) is 35.7 Å². The molecule has 0 spiro atoms. The fourth-order valence-electron chi connectivity index (χ4n) is 3.56. The van der Waals surface area contributed by atoms with E-state index in [-0.39, 0.29) is 5.91 Å². The summed E-state index contributed by atoms with van der Waals surface area (Å²) >= 11 is 0. The zero-order valence-corrected chi connectivity index (χ0v) is 16.6. The molecule has 3 heterocycles. The standard InChI is InChI=1S/C20H24N6O2/c1-13-17(15-5-7-16(28-4)8-6-15)19-22-21-18(14(2)26(19)23-13)20(27)25-11-9-24(3)10-12-25/h5-8H,9-12H2,1-4H3. The maximum absolute atomic E-state index is 13.0. The van der Waals surface area contributed by atoms with Crippen LogP contribution in [0.25, 0.3) is 16.8 Å². The van der Waals surface area contributed by atoms with Crippen molar-refractivity contribution in [1.82, 2.24) is 29.6 Å². The molecule has 0 bridgehead atoms. The minimum atomic E-state index is -0.0841. The Labute approximate surface area is 163 Å². The number of hydrogen-bond donors (Lipinski definition) is 0. The van der Waals surface area contributed by atoms with Crippen LogP contribution in [0.15, 0.2) is 24.3 Å². The lowest BCUT2D eigenvalue weighted by atomic mass is 10.1. The third-order valence-corrected chi connectivity index (χ3v) is 5.31. The number of carbonyl (C=O) groups excluding carboxylic acids is 1. The molecule has 0 N–H and O–H groups in total. The number of nitrogens with zero attached hydrogens (tertiary/aromatic N) is 6. The summed E-state index contributed by atoms with van der Waals surface area (Å²) in [6.07, 6.45) is 0. The van der Waals surface area contributed by atoms with Gasteiger partial charge in [-0.1, -0.05) is 12.1 Å². The zero-order valence-electron chi connectivity index (χ0n) is 16.6. The predicted molar refractivity (Wildman–Crippen MR) is 106 cm³/mol. The van der Waals surface area contributed by atoms with Gasteiger partial charge in [0.05, 0.1) is 24.1 Å². The van der Waals surface area contributed by atoms with Crippen molar-refractivity contribution in [3.8, 4) is 16.9 Å². The van der Waals surface area contributed by atoms with E-state index in [1.807, 2.05) is 43.0 Å². The second-order valence-electron chi connectivity index (χ2n) is 7.15. The number of piperazine rings is 1. The number of benzene rings is 1. The molecule has 8 heteroatoms. The highest BCUT2D eigenvalue weighted by molar-refractivity contribution is 5.93. The normalized spacial score (nSPS) is 15.2. The van der Waals surface area contributed by atoms with Crippen molar-refractivity contribution >= 4 is 11.6 Å². The molecule has 0 aliphatic carbocycles. The molecule has 1 aliphatic heterocycles. The summed E-state index contributed by atoms with van der Waals surface area (Å²) in [7, 11) is 3.70. The Kier molecular flexibility index (Phi) is 4.72. The lowest BCUT2D eigenvalue weighted by Gasteiger charge is -2.32. The predicted octanol–water partition coefficient (Wildman–Crippen LogP) is 1.80. The van der Waals surface area contributed by atoms with Gasteiger partial charge in [-0.25, -0.2) is 4.52 Å². The van der Waals surface area contributed by atoms with Gasteiger partial charge >= 0.3 is 0 Å². The molecule has 1 amide bonds. The Balaban J connectivity index is 1.73. The number of methoxy groups -OCH3 is 1. The van der Waals surface area contributed by atoms with E-state index in [0.29, 0.717) is 30.1 Å². The number of ether oxygens (including phenoxy) is 1. The van der Waals surface area contributed by atoms with Crippen LogP contribution in [0.1, 0.15) is 21.9 Å². The minimum absolute atomic E-state index is 0.0841. The first-order valence-corrected chi connectivity index (χ1v) is 9.34. The van der Waals surface area contributed by atoms with Crippen molar-refractivity contribution in [3.05, 3.63) is 41.3 Å². The maximum atomic E-state index is 13.0. The molecule has 146 valence electrons. The van der Waals surface area contributed by atoms with Crippen LogP contribution in [0.3, 0.4) is 0 Å². The average Bonchev–Trinajstić information content (AvgIpc) is 3.05. The number of carbonyl (C=O) groups is 1. The van der Waals surface area contributed by atoms with Crippen molar-refractivity contribution < 1.29 is 9.53 Å². The third-order valence-electron chi connectivity index (χ3n) is 5.31. The first kappa shape index (κ1) is 18.4. The Morgan fingerprint density at radius 1 is 1.04 bits per heavy atom. The molecule has 0 saturated carbocycles. The van der Waals surface area contributed by atoms with E-state index in [2.05, 4.69) is 27.2 Å². The number of aryl methyl sites for hydroxylation is 2. The first-order chi connectivity index (χ1) is 13.5. The molecule has 2 aromatic heterocycles. The van der Waals surface area contributed by atoms with Crippen LogP contribution in [0, 0.1) is 13.8 Å². The molecule has 4 rings (SSSR count). The van der Waals surface area contributed by atoms with Gasteiger partial charge in [-0.3, -0.25) is 4.79 Å². The van der Waals surface area contributed by atoms with Crippen molar-refractivity contribution in [1.29, 1.82) is 0 Å². The summed E-state index contributed by atoms with van der Waals surface area (Å²) in [5.74, 6) is 0.708. The van der Waals surface area contributed by atoms with Crippen LogP contribution in [-0.2, 0) is 0 Å². The number of rotatable bonds is 3. The zero-order chi connectivity index (χ0) is 19.8. The third kappa shape index (κ3) is 3.09.